The van der Waals surface area contributed by atoms with Crippen molar-refractivity contribution in [1.29, 1.82) is 5.26 Å². The molecule has 0 heterocycles. The summed E-state index contributed by atoms with van der Waals surface area (Å²) in [5.41, 5.74) is 5.95. The third-order valence-electron chi connectivity index (χ3n) is 1.64. The van der Waals surface area contributed by atoms with Crippen molar-refractivity contribution in [3.05, 3.63) is 23.5 Å². The first-order valence-electron chi connectivity index (χ1n) is 3.85. The number of nitrogens with zero attached hydrogens (tertiary/aromatic N) is 1. The van der Waals surface area contributed by atoms with Crippen LogP contribution >= 0.6 is 0 Å². The predicted octanol–water partition coefficient (Wildman–Crippen LogP) is 1.32. The van der Waals surface area contributed by atoms with Gasteiger partial charge in [0.25, 0.3) is 0 Å². The van der Waals surface area contributed by atoms with E-state index in [1.807, 2.05) is 6.07 Å². The molecular formula is C10H8FN3. The lowest BCUT2D eigenvalue weighted by Gasteiger charge is -2.07. The van der Waals surface area contributed by atoms with Gasteiger partial charge >= 0.3 is 0 Å². The molecule has 1 aromatic carbocycles. The number of terminal acetylenes is 1. The standard InChI is InChI=1S/C10H8FN3/c1-2-3-14-9-5-7(6-12)4-8(11)10(9)13/h1,4-5,14H,3,13H2. The maximum Gasteiger partial charge on any atom is 0.149 e. The second-order valence-electron chi connectivity index (χ2n) is 2.59. The highest BCUT2D eigenvalue weighted by molar-refractivity contribution is 5.69. The van der Waals surface area contributed by atoms with E-state index in [1.54, 1.807) is 0 Å². The minimum atomic E-state index is -0.622. The average molecular weight is 189 g/mol. The van der Waals surface area contributed by atoms with Crippen molar-refractivity contribution in [2.45, 2.75) is 0 Å². The molecule has 0 radical (unpaired) electrons. The molecule has 0 aromatic heterocycles. The van der Waals surface area contributed by atoms with Gasteiger partial charge in [-0.25, -0.2) is 4.39 Å². The Morgan fingerprint density at radius 3 is 2.86 bits per heavy atom. The Morgan fingerprint density at radius 2 is 2.29 bits per heavy atom. The summed E-state index contributed by atoms with van der Waals surface area (Å²) in [5, 5.41) is 11.3. The average Bonchev–Trinajstić information content (AvgIpc) is 2.20. The predicted molar refractivity (Wildman–Crippen MR) is 52.9 cm³/mol. The normalized spacial score (nSPS) is 8.79. The molecule has 0 saturated carbocycles. The molecule has 14 heavy (non-hydrogen) atoms. The van der Waals surface area contributed by atoms with Crippen LogP contribution in [-0.4, -0.2) is 6.54 Å². The number of nitrogens with two attached hydrogens (primary N) is 1. The van der Waals surface area contributed by atoms with Gasteiger partial charge in [0.1, 0.15) is 5.82 Å². The second-order valence-corrected chi connectivity index (χ2v) is 2.59. The van der Waals surface area contributed by atoms with E-state index >= 15 is 0 Å². The smallest absolute Gasteiger partial charge is 0.149 e. The van der Waals surface area contributed by atoms with Crippen molar-refractivity contribution in [1.82, 2.24) is 0 Å². The highest BCUT2D eigenvalue weighted by Gasteiger charge is 2.06. The zero-order valence-corrected chi connectivity index (χ0v) is 7.34. The van der Waals surface area contributed by atoms with Gasteiger partial charge in [0.15, 0.2) is 0 Å². The van der Waals surface area contributed by atoms with Gasteiger partial charge in [-0.15, -0.1) is 6.42 Å². The quantitative estimate of drug-likeness (QED) is 0.545. The Kier molecular flexibility index (Phi) is 2.93. The van der Waals surface area contributed by atoms with Crippen LogP contribution in [0.2, 0.25) is 0 Å². The molecule has 70 valence electrons. The molecule has 0 aliphatic heterocycles. The van der Waals surface area contributed by atoms with Crippen LogP contribution in [0.25, 0.3) is 0 Å². The summed E-state index contributed by atoms with van der Waals surface area (Å²) in [6.45, 7) is 0.235. The zero-order valence-electron chi connectivity index (χ0n) is 7.34. The van der Waals surface area contributed by atoms with Gasteiger partial charge in [0.2, 0.25) is 0 Å². The maximum absolute atomic E-state index is 13.1. The summed E-state index contributed by atoms with van der Waals surface area (Å²) >= 11 is 0. The number of hydrogen-bond acceptors (Lipinski definition) is 3. The number of rotatable bonds is 2. The van der Waals surface area contributed by atoms with E-state index < -0.39 is 5.82 Å². The largest absolute Gasteiger partial charge is 0.395 e. The second kappa shape index (κ2) is 4.15. The lowest BCUT2D eigenvalue weighted by molar-refractivity contribution is 0.632. The van der Waals surface area contributed by atoms with Crippen LogP contribution in [0.1, 0.15) is 5.56 Å². The molecule has 0 unspecified atom stereocenters. The van der Waals surface area contributed by atoms with E-state index in [0.717, 1.165) is 6.07 Å². The Hall–Kier alpha value is -2.20. The first kappa shape index (κ1) is 9.88. The number of benzene rings is 1. The molecule has 0 fully saturated rings. The Balaban J connectivity index is 3.10. The van der Waals surface area contributed by atoms with Crippen molar-refractivity contribution >= 4 is 11.4 Å². The molecule has 1 aromatic rings. The van der Waals surface area contributed by atoms with Crippen LogP contribution in [-0.2, 0) is 0 Å². The van der Waals surface area contributed by atoms with Crippen LogP contribution < -0.4 is 11.1 Å². The highest BCUT2D eigenvalue weighted by atomic mass is 19.1. The van der Waals surface area contributed by atoms with Crippen LogP contribution in [0.4, 0.5) is 15.8 Å². The van der Waals surface area contributed by atoms with Gasteiger partial charge in [-0.2, -0.15) is 5.26 Å². The zero-order chi connectivity index (χ0) is 10.6. The van der Waals surface area contributed by atoms with Gasteiger partial charge in [-0.1, -0.05) is 5.92 Å². The van der Waals surface area contributed by atoms with Gasteiger partial charge in [-0.05, 0) is 12.1 Å². The van der Waals surface area contributed by atoms with Gasteiger partial charge in [-0.3, -0.25) is 0 Å². The van der Waals surface area contributed by atoms with E-state index in [0.29, 0.717) is 5.69 Å². The fraction of sp³-hybridized carbons (Fsp3) is 0.100. The van der Waals surface area contributed by atoms with Crippen molar-refractivity contribution in [3.63, 3.8) is 0 Å². The highest BCUT2D eigenvalue weighted by Crippen LogP contribution is 2.23. The lowest BCUT2D eigenvalue weighted by Crippen LogP contribution is -2.04. The Bertz CT molecular complexity index is 426. The molecule has 0 aliphatic carbocycles. The first-order chi connectivity index (χ1) is 6.69. The minimum absolute atomic E-state index is 0.0285. The molecule has 0 amide bonds. The lowest BCUT2D eigenvalue weighted by atomic mass is 10.2. The summed E-state index contributed by atoms with van der Waals surface area (Å²) in [5.74, 6) is 1.71. The summed E-state index contributed by atoms with van der Waals surface area (Å²) < 4.78 is 13.1. The van der Waals surface area contributed by atoms with E-state index in [2.05, 4.69) is 11.2 Å². The Morgan fingerprint density at radius 1 is 1.57 bits per heavy atom. The summed E-state index contributed by atoms with van der Waals surface area (Å²) in [6.07, 6.45) is 5.02. The summed E-state index contributed by atoms with van der Waals surface area (Å²) in [7, 11) is 0. The number of anilines is 2. The minimum Gasteiger partial charge on any atom is -0.395 e. The number of nitrogens with one attached hydrogen (secondary N) is 1. The number of nitrogen functional groups attached to an aromatic ring is 1. The van der Waals surface area contributed by atoms with Gasteiger partial charge in [0.05, 0.1) is 29.6 Å². The van der Waals surface area contributed by atoms with Crippen molar-refractivity contribution in [2.24, 2.45) is 0 Å². The number of hydrogen-bond donors (Lipinski definition) is 2. The fourth-order valence-electron chi connectivity index (χ4n) is 0.975. The molecule has 1 rings (SSSR count). The molecule has 0 saturated heterocycles. The van der Waals surface area contributed by atoms with E-state index in [-0.39, 0.29) is 17.8 Å². The van der Waals surface area contributed by atoms with Gasteiger partial charge < -0.3 is 11.1 Å². The fourth-order valence-corrected chi connectivity index (χ4v) is 0.975. The van der Waals surface area contributed by atoms with Crippen LogP contribution in [0.3, 0.4) is 0 Å². The molecule has 0 spiro atoms. The van der Waals surface area contributed by atoms with Crippen LogP contribution in [0, 0.1) is 29.5 Å². The topological polar surface area (TPSA) is 61.8 Å². The summed E-state index contributed by atoms with van der Waals surface area (Å²) in [4.78, 5) is 0. The van der Waals surface area contributed by atoms with E-state index in [4.69, 9.17) is 17.4 Å². The number of halogens is 1. The van der Waals surface area contributed by atoms with Crippen molar-refractivity contribution in [3.8, 4) is 18.4 Å². The molecule has 3 N–H and O–H groups in total. The molecular weight excluding hydrogens is 181 g/mol. The summed E-state index contributed by atoms with van der Waals surface area (Å²) in [6, 6.07) is 4.36. The molecule has 4 heteroatoms. The van der Waals surface area contributed by atoms with E-state index in [1.165, 1.54) is 6.07 Å². The molecule has 3 nitrogen and oxygen atoms in total. The van der Waals surface area contributed by atoms with Gasteiger partial charge in [0, 0.05) is 0 Å². The van der Waals surface area contributed by atoms with Crippen molar-refractivity contribution < 1.29 is 4.39 Å². The number of nitriles is 1. The molecule has 0 bridgehead atoms. The van der Waals surface area contributed by atoms with E-state index in [9.17, 15) is 4.39 Å². The van der Waals surface area contributed by atoms with Crippen LogP contribution in [0.15, 0.2) is 12.1 Å². The van der Waals surface area contributed by atoms with Crippen LogP contribution in [0.5, 0.6) is 0 Å². The third-order valence-corrected chi connectivity index (χ3v) is 1.64. The Labute approximate surface area is 81.3 Å². The molecule has 0 atom stereocenters. The maximum atomic E-state index is 13.1. The van der Waals surface area contributed by atoms with Crippen molar-refractivity contribution in [2.75, 3.05) is 17.6 Å². The SMILES string of the molecule is C#CCNc1cc(C#N)cc(F)c1N. The third kappa shape index (κ3) is 1.94. The molecule has 0 aliphatic rings. The monoisotopic (exact) mass is 189 g/mol. The first-order valence-corrected chi connectivity index (χ1v) is 3.85.